The van der Waals surface area contributed by atoms with Gasteiger partial charge in [-0.2, -0.15) is 0 Å². The van der Waals surface area contributed by atoms with E-state index in [2.05, 4.69) is 10.3 Å². The number of aromatic nitrogens is 1. The van der Waals surface area contributed by atoms with Crippen molar-refractivity contribution in [3.8, 4) is 11.3 Å². The van der Waals surface area contributed by atoms with Crippen molar-refractivity contribution in [3.05, 3.63) is 87.8 Å². The maximum atomic E-state index is 13.9. The number of nitrogens with one attached hydrogen (secondary N) is 1. The van der Waals surface area contributed by atoms with Gasteiger partial charge in [0.1, 0.15) is 11.0 Å². The van der Waals surface area contributed by atoms with Crippen molar-refractivity contribution in [1.82, 2.24) is 10.3 Å². The highest BCUT2D eigenvalue weighted by Crippen LogP contribution is 2.30. The number of aliphatic hydroxyl groups is 1. The predicted octanol–water partition coefficient (Wildman–Crippen LogP) is 5.60. The summed E-state index contributed by atoms with van der Waals surface area (Å²) in [5.41, 5.74) is 3.23. The van der Waals surface area contributed by atoms with E-state index in [0.29, 0.717) is 24.2 Å². The van der Waals surface area contributed by atoms with Crippen LogP contribution in [-0.4, -0.2) is 46.0 Å². The average Bonchev–Trinajstić information content (AvgIpc) is 2.83. The van der Waals surface area contributed by atoms with Gasteiger partial charge in [0.25, 0.3) is 0 Å². The molecule has 0 bridgehead atoms. The van der Waals surface area contributed by atoms with E-state index in [-0.39, 0.29) is 34.8 Å². The van der Waals surface area contributed by atoms with Gasteiger partial charge >= 0.3 is 5.97 Å². The van der Waals surface area contributed by atoms with Crippen LogP contribution in [0.2, 0.25) is 5.15 Å². The van der Waals surface area contributed by atoms with Crippen LogP contribution in [0, 0.1) is 12.7 Å². The van der Waals surface area contributed by atoms with Gasteiger partial charge in [-0.25, -0.2) is 14.2 Å². The Bertz CT molecular complexity index is 1220. The molecule has 2 atom stereocenters. The average molecular weight is 515 g/mol. The van der Waals surface area contributed by atoms with E-state index in [4.69, 9.17) is 16.3 Å². The second-order valence-corrected chi connectivity index (χ2v) is 9.94. The number of aromatic carboxylic acids is 1. The van der Waals surface area contributed by atoms with Crippen molar-refractivity contribution >= 4 is 17.6 Å². The lowest BCUT2D eigenvalue weighted by atomic mass is 9.94. The molecule has 192 valence electrons. The molecule has 2 aromatic carbocycles. The zero-order valence-corrected chi connectivity index (χ0v) is 21.6. The van der Waals surface area contributed by atoms with Gasteiger partial charge in [-0.3, -0.25) is 0 Å². The minimum Gasteiger partial charge on any atom is -0.478 e. The van der Waals surface area contributed by atoms with Crippen LogP contribution in [0.1, 0.15) is 53.9 Å². The van der Waals surface area contributed by atoms with E-state index >= 15 is 0 Å². The SMILES string of the molecule is Cc1ccc(CC(C)(C)NCC(O)COC(C)c2ccccc2-c2ccc(C(=O)O)c(Cl)n2)cc1F. The zero-order chi connectivity index (χ0) is 26.5. The largest absolute Gasteiger partial charge is 0.478 e. The summed E-state index contributed by atoms with van der Waals surface area (Å²) in [6, 6.07) is 15.8. The predicted molar refractivity (Wildman–Crippen MR) is 139 cm³/mol. The molecule has 1 aromatic heterocycles. The highest BCUT2D eigenvalue weighted by Gasteiger charge is 2.21. The number of β-amino-alcohol motifs (C(OH)–C–C–N with tert-alkyl or cyclic N) is 1. The number of aryl methyl sites for hydroxylation is 1. The molecule has 0 aliphatic carbocycles. The van der Waals surface area contributed by atoms with Crippen molar-refractivity contribution < 1.29 is 24.1 Å². The maximum absolute atomic E-state index is 13.9. The lowest BCUT2D eigenvalue weighted by molar-refractivity contribution is -0.00398. The Balaban J connectivity index is 1.59. The number of ether oxygens (including phenoxy) is 1. The highest BCUT2D eigenvalue weighted by molar-refractivity contribution is 6.32. The second-order valence-electron chi connectivity index (χ2n) is 9.58. The number of carbonyl (C=O) groups is 1. The summed E-state index contributed by atoms with van der Waals surface area (Å²) in [6.07, 6.45) is -0.507. The Kier molecular flexibility index (Phi) is 9.19. The van der Waals surface area contributed by atoms with Crippen LogP contribution in [-0.2, 0) is 11.2 Å². The van der Waals surface area contributed by atoms with E-state index in [1.807, 2.05) is 51.1 Å². The molecule has 3 rings (SSSR count). The summed E-state index contributed by atoms with van der Waals surface area (Å²) in [5.74, 6) is -1.36. The molecule has 2 unspecified atom stereocenters. The van der Waals surface area contributed by atoms with Crippen LogP contribution in [0.5, 0.6) is 0 Å². The molecule has 3 N–H and O–H groups in total. The number of hydrogen-bond donors (Lipinski definition) is 3. The van der Waals surface area contributed by atoms with E-state index < -0.39 is 12.1 Å². The van der Waals surface area contributed by atoms with Crippen molar-refractivity contribution in [3.63, 3.8) is 0 Å². The fourth-order valence-corrected chi connectivity index (χ4v) is 4.18. The molecular weight excluding hydrogens is 483 g/mol. The zero-order valence-electron chi connectivity index (χ0n) is 20.9. The number of carboxylic acid groups (broad SMARTS) is 1. The standard InChI is InChI=1S/C28H32ClFN2O4/c1-17-9-10-19(13-24(17)30)14-28(3,4)31-15-20(33)16-36-18(2)21-7-5-6-8-22(21)25-12-11-23(27(34)35)26(29)32-25/h5-13,18,20,31,33H,14-16H2,1-4H3,(H,34,35). The van der Waals surface area contributed by atoms with Gasteiger partial charge in [-0.1, -0.05) is 48.0 Å². The van der Waals surface area contributed by atoms with Gasteiger partial charge in [0.15, 0.2) is 0 Å². The van der Waals surface area contributed by atoms with Gasteiger partial charge in [0.05, 0.1) is 30.1 Å². The van der Waals surface area contributed by atoms with Gasteiger partial charge in [0.2, 0.25) is 0 Å². The molecule has 6 nitrogen and oxygen atoms in total. The van der Waals surface area contributed by atoms with E-state index in [1.54, 1.807) is 25.1 Å². The number of benzene rings is 2. The molecule has 0 radical (unpaired) electrons. The van der Waals surface area contributed by atoms with Crippen molar-refractivity contribution in [2.45, 2.75) is 51.9 Å². The van der Waals surface area contributed by atoms with Crippen molar-refractivity contribution in [2.24, 2.45) is 0 Å². The molecule has 0 aliphatic rings. The van der Waals surface area contributed by atoms with Gasteiger partial charge < -0.3 is 20.3 Å². The third kappa shape index (κ3) is 7.34. The first-order valence-electron chi connectivity index (χ1n) is 11.8. The Morgan fingerprint density at radius 2 is 1.92 bits per heavy atom. The molecule has 0 saturated carbocycles. The molecule has 3 aromatic rings. The van der Waals surface area contributed by atoms with Crippen LogP contribution >= 0.6 is 11.6 Å². The molecule has 8 heteroatoms. The Morgan fingerprint density at radius 1 is 1.19 bits per heavy atom. The molecule has 36 heavy (non-hydrogen) atoms. The van der Waals surface area contributed by atoms with E-state index in [0.717, 1.165) is 16.7 Å². The third-order valence-corrected chi connectivity index (χ3v) is 6.28. The molecule has 0 amide bonds. The van der Waals surface area contributed by atoms with Crippen molar-refractivity contribution in [1.29, 1.82) is 0 Å². The molecule has 0 spiro atoms. The summed E-state index contributed by atoms with van der Waals surface area (Å²) in [6.45, 7) is 8.03. The van der Waals surface area contributed by atoms with Gasteiger partial charge in [-0.15, -0.1) is 0 Å². The first kappa shape index (κ1) is 27.7. The fraction of sp³-hybridized carbons (Fsp3) is 0.357. The third-order valence-electron chi connectivity index (χ3n) is 5.99. The number of hydrogen-bond acceptors (Lipinski definition) is 5. The normalized spacial score (nSPS) is 13.4. The summed E-state index contributed by atoms with van der Waals surface area (Å²) in [5, 5.41) is 23.0. The number of carboxylic acids is 1. The minimum absolute atomic E-state index is 0.0618. The quantitative estimate of drug-likeness (QED) is 0.289. The highest BCUT2D eigenvalue weighted by atomic mass is 35.5. The molecule has 0 saturated heterocycles. The Hall–Kier alpha value is -2.84. The molecule has 0 fully saturated rings. The molecular formula is C28H32ClFN2O4. The van der Waals surface area contributed by atoms with E-state index in [1.165, 1.54) is 6.07 Å². The second kappa shape index (κ2) is 11.9. The number of pyridine rings is 1. The maximum Gasteiger partial charge on any atom is 0.338 e. The summed E-state index contributed by atoms with van der Waals surface area (Å²) >= 11 is 6.06. The Morgan fingerprint density at radius 3 is 2.58 bits per heavy atom. The first-order chi connectivity index (χ1) is 17.0. The lowest BCUT2D eigenvalue weighted by Crippen LogP contribution is -2.46. The van der Waals surface area contributed by atoms with Crippen LogP contribution in [0.3, 0.4) is 0 Å². The van der Waals surface area contributed by atoms with Crippen molar-refractivity contribution in [2.75, 3.05) is 13.2 Å². The summed E-state index contributed by atoms with van der Waals surface area (Å²) in [7, 11) is 0. The number of nitrogens with zero attached hydrogens (tertiary/aromatic N) is 1. The van der Waals surface area contributed by atoms with Crippen LogP contribution in [0.15, 0.2) is 54.6 Å². The summed E-state index contributed by atoms with van der Waals surface area (Å²) in [4.78, 5) is 15.5. The topological polar surface area (TPSA) is 91.7 Å². The Labute approximate surface area is 216 Å². The smallest absolute Gasteiger partial charge is 0.338 e. The molecule has 1 heterocycles. The summed E-state index contributed by atoms with van der Waals surface area (Å²) < 4.78 is 19.8. The van der Waals surface area contributed by atoms with Gasteiger partial charge in [-0.05, 0) is 69.0 Å². The van der Waals surface area contributed by atoms with Gasteiger partial charge in [0, 0.05) is 17.6 Å². The fourth-order valence-electron chi connectivity index (χ4n) is 3.95. The number of aliphatic hydroxyl groups excluding tert-OH is 1. The monoisotopic (exact) mass is 514 g/mol. The molecule has 0 aliphatic heterocycles. The first-order valence-corrected chi connectivity index (χ1v) is 12.1. The minimum atomic E-state index is -1.14. The van der Waals surface area contributed by atoms with Crippen LogP contribution in [0.25, 0.3) is 11.3 Å². The number of rotatable bonds is 11. The number of halogens is 2. The van der Waals surface area contributed by atoms with Crippen LogP contribution in [0.4, 0.5) is 4.39 Å². The van der Waals surface area contributed by atoms with E-state index in [9.17, 15) is 19.4 Å². The van der Waals surface area contributed by atoms with Crippen LogP contribution < -0.4 is 5.32 Å². The lowest BCUT2D eigenvalue weighted by Gasteiger charge is -2.28.